The minimum atomic E-state index is -0.349. The zero-order chi connectivity index (χ0) is 19.1. The molecule has 0 heterocycles. The topological polar surface area (TPSA) is 52.0 Å². The lowest BCUT2D eigenvalue weighted by Crippen LogP contribution is -2.45. The van der Waals surface area contributed by atoms with Gasteiger partial charge in [-0.15, -0.1) is 11.8 Å². The lowest BCUT2D eigenvalue weighted by Gasteiger charge is -2.36. The molecule has 0 saturated carbocycles. The van der Waals surface area contributed by atoms with Crippen LogP contribution in [0.5, 0.6) is 0 Å². The Hall–Kier alpha value is -1.72. The van der Waals surface area contributed by atoms with Crippen LogP contribution in [0.1, 0.15) is 16.7 Å². The molecule has 2 unspecified atom stereocenters. The fourth-order valence-corrected chi connectivity index (χ4v) is 5.12. The van der Waals surface area contributed by atoms with Crippen LogP contribution in [0.4, 0.5) is 0 Å². The summed E-state index contributed by atoms with van der Waals surface area (Å²) < 4.78 is -0.349. The quantitative estimate of drug-likeness (QED) is 0.394. The van der Waals surface area contributed by atoms with Crippen LogP contribution in [-0.4, -0.2) is 23.6 Å². The summed E-state index contributed by atoms with van der Waals surface area (Å²) >= 11 is 6.16. The van der Waals surface area contributed by atoms with E-state index in [-0.39, 0.29) is 16.8 Å². The lowest BCUT2D eigenvalue weighted by molar-refractivity contribution is 0.618. The predicted molar refractivity (Wildman–Crippen MR) is 121 cm³/mol. The SMILES string of the molecule is NC(CS)C(N)CSC(c1ccccc1)(c1ccccc1)c1ccccc1. The van der Waals surface area contributed by atoms with Crippen molar-refractivity contribution in [2.45, 2.75) is 16.8 Å². The maximum Gasteiger partial charge on any atom is 0.0907 e. The molecule has 3 aromatic rings. The van der Waals surface area contributed by atoms with Gasteiger partial charge in [0.2, 0.25) is 0 Å². The fraction of sp³-hybridized carbons (Fsp3) is 0.217. The number of nitrogens with two attached hydrogens (primary N) is 2. The number of thioether (sulfide) groups is 1. The minimum absolute atomic E-state index is 0.122. The van der Waals surface area contributed by atoms with E-state index in [1.54, 1.807) is 0 Å². The van der Waals surface area contributed by atoms with Gasteiger partial charge in [0.25, 0.3) is 0 Å². The first-order valence-corrected chi connectivity index (χ1v) is 10.7. The van der Waals surface area contributed by atoms with Crippen molar-refractivity contribution in [2.75, 3.05) is 11.5 Å². The van der Waals surface area contributed by atoms with E-state index >= 15 is 0 Å². The normalized spacial score (nSPS) is 13.9. The Labute approximate surface area is 171 Å². The summed E-state index contributed by atoms with van der Waals surface area (Å²) in [6.07, 6.45) is 0. The zero-order valence-electron chi connectivity index (χ0n) is 15.2. The molecule has 0 aliphatic rings. The average Bonchev–Trinajstić information content (AvgIpc) is 2.75. The van der Waals surface area contributed by atoms with Crippen LogP contribution < -0.4 is 11.5 Å². The van der Waals surface area contributed by atoms with Crippen molar-refractivity contribution in [2.24, 2.45) is 11.5 Å². The maximum atomic E-state index is 6.37. The van der Waals surface area contributed by atoms with Crippen LogP contribution in [0.25, 0.3) is 0 Å². The Bertz CT molecular complexity index is 713. The monoisotopic (exact) mass is 394 g/mol. The van der Waals surface area contributed by atoms with Crippen molar-refractivity contribution in [1.82, 2.24) is 0 Å². The summed E-state index contributed by atoms with van der Waals surface area (Å²) in [4.78, 5) is 0. The Morgan fingerprint density at radius 3 is 1.37 bits per heavy atom. The van der Waals surface area contributed by atoms with Gasteiger partial charge < -0.3 is 11.5 Å². The van der Waals surface area contributed by atoms with E-state index in [4.69, 9.17) is 11.5 Å². The summed E-state index contributed by atoms with van der Waals surface area (Å²) in [5.41, 5.74) is 16.2. The van der Waals surface area contributed by atoms with Crippen LogP contribution in [0.3, 0.4) is 0 Å². The zero-order valence-corrected chi connectivity index (χ0v) is 17.0. The summed E-state index contributed by atoms with van der Waals surface area (Å²) in [5.74, 6) is 1.32. The molecule has 0 fully saturated rings. The Balaban J connectivity index is 2.14. The molecule has 0 spiro atoms. The molecule has 3 rings (SSSR count). The van der Waals surface area contributed by atoms with Gasteiger partial charge in [-0.2, -0.15) is 12.6 Å². The molecule has 4 heteroatoms. The summed E-state index contributed by atoms with van der Waals surface area (Å²) in [7, 11) is 0. The molecule has 4 N–H and O–H groups in total. The fourth-order valence-electron chi connectivity index (χ4n) is 3.25. The third kappa shape index (κ3) is 4.41. The summed E-state index contributed by atoms with van der Waals surface area (Å²) in [6.45, 7) is 0. The third-order valence-corrected chi connectivity index (χ3v) is 6.91. The molecule has 0 aliphatic carbocycles. The van der Waals surface area contributed by atoms with Crippen LogP contribution in [-0.2, 0) is 4.75 Å². The van der Waals surface area contributed by atoms with Crippen LogP contribution in [0.2, 0.25) is 0 Å². The molecule has 0 amide bonds. The highest BCUT2D eigenvalue weighted by molar-refractivity contribution is 8.00. The smallest absolute Gasteiger partial charge is 0.0907 e. The first-order chi connectivity index (χ1) is 13.2. The van der Waals surface area contributed by atoms with Crippen molar-refractivity contribution in [3.63, 3.8) is 0 Å². The maximum absolute atomic E-state index is 6.37. The first kappa shape index (κ1) is 20.0. The highest BCUT2D eigenvalue weighted by Crippen LogP contribution is 2.48. The molecule has 0 radical (unpaired) electrons. The lowest BCUT2D eigenvalue weighted by atomic mass is 9.84. The molecule has 27 heavy (non-hydrogen) atoms. The van der Waals surface area contributed by atoms with Crippen molar-refractivity contribution in [3.05, 3.63) is 108 Å². The van der Waals surface area contributed by atoms with Crippen molar-refractivity contribution >= 4 is 24.4 Å². The Morgan fingerprint density at radius 2 is 1.04 bits per heavy atom. The highest BCUT2D eigenvalue weighted by atomic mass is 32.2. The molecule has 0 aliphatic heterocycles. The molecular formula is C23H26N2S2. The van der Waals surface area contributed by atoms with Gasteiger partial charge in [-0.1, -0.05) is 91.0 Å². The van der Waals surface area contributed by atoms with Crippen molar-refractivity contribution in [1.29, 1.82) is 0 Å². The van der Waals surface area contributed by atoms with Gasteiger partial charge in [0.05, 0.1) is 4.75 Å². The molecule has 3 aromatic carbocycles. The van der Waals surface area contributed by atoms with E-state index in [1.165, 1.54) is 16.7 Å². The number of benzene rings is 3. The van der Waals surface area contributed by atoms with Crippen molar-refractivity contribution < 1.29 is 0 Å². The van der Waals surface area contributed by atoms with E-state index in [1.807, 2.05) is 11.8 Å². The van der Waals surface area contributed by atoms with Crippen molar-refractivity contribution in [3.8, 4) is 0 Å². The molecule has 2 atom stereocenters. The number of hydrogen-bond acceptors (Lipinski definition) is 4. The molecular weight excluding hydrogens is 368 g/mol. The first-order valence-electron chi connectivity index (χ1n) is 9.11. The second kappa shape index (κ2) is 9.47. The van der Waals surface area contributed by atoms with Gasteiger partial charge in [0.1, 0.15) is 0 Å². The average molecular weight is 395 g/mol. The number of thiol groups is 1. The van der Waals surface area contributed by atoms with Gasteiger partial charge in [0.15, 0.2) is 0 Å². The molecule has 0 bridgehead atoms. The van der Waals surface area contributed by atoms with Crippen LogP contribution >= 0.6 is 24.4 Å². The van der Waals surface area contributed by atoms with Gasteiger partial charge in [0, 0.05) is 23.6 Å². The molecule has 140 valence electrons. The third-order valence-electron chi connectivity index (χ3n) is 4.79. The number of rotatable bonds is 8. The predicted octanol–water partition coefficient (Wildman–Crippen LogP) is 4.30. The van der Waals surface area contributed by atoms with Gasteiger partial charge >= 0.3 is 0 Å². The van der Waals surface area contributed by atoms with Crippen LogP contribution in [0.15, 0.2) is 91.0 Å². The largest absolute Gasteiger partial charge is 0.326 e. The van der Waals surface area contributed by atoms with E-state index in [0.29, 0.717) is 5.75 Å². The number of hydrogen-bond donors (Lipinski definition) is 3. The Morgan fingerprint density at radius 1 is 0.667 bits per heavy atom. The second-order valence-electron chi connectivity index (χ2n) is 6.60. The van der Waals surface area contributed by atoms with Gasteiger partial charge in [-0.05, 0) is 16.7 Å². The molecule has 0 aromatic heterocycles. The Kier molecular flexibility index (Phi) is 7.02. The van der Waals surface area contributed by atoms with Gasteiger partial charge in [-0.3, -0.25) is 0 Å². The second-order valence-corrected chi connectivity index (χ2v) is 8.20. The standard InChI is InChI=1S/C23H26N2S2/c24-21(16-26)22(25)17-27-23(18-10-4-1-5-11-18,19-12-6-2-7-13-19)20-14-8-3-9-15-20/h1-15,21-22,26H,16-17,24-25H2. The van der Waals surface area contributed by atoms with Crippen LogP contribution in [0, 0.1) is 0 Å². The summed E-state index contributed by atoms with van der Waals surface area (Å²) in [6, 6.07) is 31.6. The summed E-state index contributed by atoms with van der Waals surface area (Å²) in [5, 5.41) is 0. The molecule has 0 saturated heterocycles. The molecule has 2 nitrogen and oxygen atoms in total. The van der Waals surface area contributed by atoms with E-state index in [0.717, 1.165) is 5.75 Å². The highest BCUT2D eigenvalue weighted by Gasteiger charge is 2.37. The minimum Gasteiger partial charge on any atom is -0.326 e. The van der Waals surface area contributed by atoms with E-state index in [2.05, 4.69) is 104 Å². The van der Waals surface area contributed by atoms with E-state index < -0.39 is 0 Å². The van der Waals surface area contributed by atoms with Gasteiger partial charge in [-0.25, -0.2) is 0 Å². The van der Waals surface area contributed by atoms with E-state index in [9.17, 15) is 0 Å².